The maximum absolute atomic E-state index is 5.27. The fourth-order valence-corrected chi connectivity index (χ4v) is 9.13. The number of nitrogens with zero attached hydrogens (tertiary/aromatic N) is 6. The standard InChI is InChI=1S/C54H34N6S/c1-6-18-35(19-7-1)41-32-33-43(47-44-28-16-17-29-46(44)61-48(41)47)42-31-30-40(53-57-49(36-20-8-2-9-21-36)55-50(58-53)37-22-10-3-11-23-37)34-45(42)54-59-51(38-24-12-4-13-25-38)56-52(60-54)39-26-14-5-15-27-39/h1-34H. The van der Waals surface area contributed by atoms with Gasteiger partial charge >= 0.3 is 0 Å². The molecular formula is C54H34N6S. The van der Waals surface area contributed by atoms with E-state index in [0.717, 1.165) is 44.5 Å². The summed E-state index contributed by atoms with van der Waals surface area (Å²) in [5.74, 6) is 3.46. The summed E-state index contributed by atoms with van der Waals surface area (Å²) < 4.78 is 2.45. The van der Waals surface area contributed by atoms with Crippen LogP contribution in [0.5, 0.6) is 0 Å². The Kier molecular flexibility index (Phi) is 9.26. The Morgan fingerprint density at radius 3 is 1.13 bits per heavy atom. The number of fused-ring (bicyclic) bond motifs is 3. The monoisotopic (exact) mass is 798 g/mol. The SMILES string of the molecule is c1ccc(-c2nc(-c3ccccc3)nc(-c3ccc(-c4ccc(-c5ccccc5)c5sc6ccccc6c45)c(-c4nc(-c5ccccc5)nc(-c5ccccc5)n4)c3)n2)cc1. The predicted octanol–water partition coefficient (Wildman–Crippen LogP) is 13.8. The lowest BCUT2D eigenvalue weighted by atomic mass is 9.91. The second-order valence-corrected chi connectivity index (χ2v) is 15.7. The van der Waals surface area contributed by atoms with Gasteiger partial charge in [0.1, 0.15) is 0 Å². The van der Waals surface area contributed by atoms with Gasteiger partial charge in [0.2, 0.25) is 0 Å². The van der Waals surface area contributed by atoms with Crippen LogP contribution in [-0.4, -0.2) is 29.9 Å². The number of hydrogen-bond donors (Lipinski definition) is 0. The number of rotatable bonds is 8. The predicted molar refractivity (Wildman–Crippen MR) is 250 cm³/mol. The van der Waals surface area contributed by atoms with Gasteiger partial charge in [0.05, 0.1) is 0 Å². The van der Waals surface area contributed by atoms with Gasteiger partial charge in [0.25, 0.3) is 0 Å². The molecule has 0 aliphatic rings. The molecule has 0 aliphatic carbocycles. The first-order chi connectivity index (χ1) is 30.2. The summed E-state index contributed by atoms with van der Waals surface area (Å²) in [5.41, 5.74) is 9.70. The van der Waals surface area contributed by atoms with Crippen molar-refractivity contribution in [3.05, 3.63) is 206 Å². The molecule has 7 heteroatoms. The molecule has 3 aromatic heterocycles. The van der Waals surface area contributed by atoms with Crippen LogP contribution in [0.4, 0.5) is 0 Å². The van der Waals surface area contributed by atoms with Crippen LogP contribution in [0.2, 0.25) is 0 Å². The first-order valence-electron chi connectivity index (χ1n) is 20.1. The van der Waals surface area contributed by atoms with E-state index in [-0.39, 0.29) is 0 Å². The maximum Gasteiger partial charge on any atom is 0.164 e. The van der Waals surface area contributed by atoms with E-state index in [2.05, 4.69) is 84.9 Å². The summed E-state index contributed by atoms with van der Waals surface area (Å²) in [5, 5.41) is 2.39. The molecule has 11 aromatic rings. The summed E-state index contributed by atoms with van der Waals surface area (Å²) in [6.45, 7) is 0. The van der Waals surface area contributed by atoms with E-state index < -0.39 is 0 Å². The topological polar surface area (TPSA) is 77.3 Å². The van der Waals surface area contributed by atoms with E-state index in [1.54, 1.807) is 0 Å². The summed E-state index contributed by atoms with van der Waals surface area (Å²) in [6, 6.07) is 70.5. The third kappa shape index (κ3) is 6.93. The van der Waals surface area contributed by atoms with E-state index >= 15 is 0 Å². The van der Waals surface area contributed by atoms with E-state index in [1.807, 2.05) is 133 Å². The van der Waals surface area contributed by atoms with Crippen molar-refractivity contribution >= 4 is 31.5 Å². The maximum atomic E-state index is 5.27. The van der Waals surface area contributed by atoms with Gasteiger partial charge in [-0.2, -0.15) is 0 Å². The van der Waals surface area contributed by atoms with Crippen LogP contribution in [0.25, 0.3) is 111 Å². The molecule has 0 aliphatic heterocycles. The van der Waals surface area contributed by atoms with Crippen molar-refractivity contribution in [1.29, 1.82) is 0 Å². The number of benzene rings is 8. The third-order valence-corrected chi connectivity index (χ3v) is 12.0. The van der Waals surface area contributed by atoms with Crippen LogP contribution in [-0.2, 0) is 0 Å². The first-order valence-corrected chi connectivity index (χ1v) is 20.9. The second kappa shape index (κ2) is 15.6. The van der Waals surface area contributed by atoms with Crippen molar-refractivity contribution in [1.82, 2.24) is 29.9 Å². The van der Waals surface area contributed by atoms with Gasteiger partial charge in [-0.05, 0) is 34.4 Å². The Morgan fingerprint density at radius 2 is 0.639 bits per heavy atom. The van der Waals surface area contributed by atoms with Crippen molar-refractivity contribution in [2.45, 2.75) is 0 Å². The molecule has 0 fully saturated rings. The van der Waals surface area contributed by atoms with Gasteiger partial charge in [-0.25, -0.2) is 29.9 Å². The molecule has 0 atom stereocenters. The molecule has 286 valence electrons. The van der Waals surface area contributed by atoms with Gasteiger partial charge in [0.15, 0.2) is 34.9 Å². The molecule has 0 saturated carbocycles. The van der Waals surface area contributed by atoms with Crippen LogP contribution >= 0.6 is 11.3 Å². The summed E-state index contributed by atoms with van der Waals surface area (Å²) in [6.07, 6.45) is 0. The zero-order valence-corrected chi connectivity index (χ0v) is 33.5. The Labute approximate surface area is 356 Å². The van der Waals surface area contributed by atoms with E-state index in [4.69, 9.17) is 29.9 Å². The fraction of sp³-hybridized carbons (Fsp3) is 0. The molecular weight excluding hydrogens is 765 g/mol. The average Bonchev–Trinajstić information content (AvgIpc) is 3.75. The molecule has 11 rings (SSSR count). The normalized spacial score (nSPS) is 11.3. The molecule has 0 saturated heterocycles. The highest BCUT2D eigenvalue weighted by atomic mass is 32.1. The Balaban J connectivity index is 1.20. The first kappa shape index (κ1) is 36.1. The minimum absolute atomic E-state index is 0.546. The molecule has 8 aromatic carbocycles. The quantitative estimate of drug-likeness (QED) is 0.152. The van der Waals surface area contributed by atoms with Gasteiger partial charge in [-0.1, -0.05) is 194 Å². The van der Waals surface area contributed by atoms with Crippen LogP contribution < -0.4 is 0 Å². The largest absolute Gasteiger partial charge is 0.208 e. The number of thiophene rings is 1. The molecule has 61 heavy (non-hydrogen) atoms. The van der Waals surface area contributed by atoms with Gasteiger partial charge in [-0.15, -0.1) is 11.3 Å². The summed E-state index contributed by atoms with van der Waals surface area (Å²) >= 11 is 1.82. The fourth-order valence-electron chi connectivity index (χ4n) is 7.87. The molecule has 6 nitrogen and oxygen atoms in total. The minimum atomic E-state index is 0.546. The van der Waals surface area contributed by atoms with E-state index in [1.165, 1.54) is 31.3 Å². The highest BCUT2D eigenvalue weighted by molar-refractivity contribution is 7.26. The third-order valence-electron chi connectivity index (χ3n) is 10.8. The minimum Gasteiger partial charge on any atom is -0.208 e. The highest BCUT2D eigenvalue weighted by Crippen LogP contribution is 2.47. The van der Waals surface area contributed by atoms with Gasteiger partial charge < -0.3 is 0 Å². The lowest BCUT2D eigenvalue weighted by molar-refractivity contribution is 1.07. The molecule has 0 spiro atoms. The van der Waals surface area contributed by atoms with Crippen molar-refractivity contribution in [3.63, 3.8) is 0 Å². The highest BCUT2D eigenvalue weighted by Gasteiger charge is 2.22. The van der Waals surface area contributed by atoms with Crippen LogP contribution in [0.1, 0.15) is 0 Å². The Morgan fingerprint density at radius 1 is 0.262 bits per heavy atom. The summed E-state index contributed by atoms with van der Waals surface area (Å²) in [7, 11) is 0. The van der Waals surface area contributed by atoms with E-state index in [9.17, 15) is 0 Å². The van der Waals surface area contributed by atoms with E-state index in [0.29, 0.717) is 34.9 Å². The zero-order chi connectivity index (χ0) is 40.5. The van der Waals surface area contributed by atoms with Crippen LogP contribution in [0, 0.1) is 0 Å². The van der Waals surface area contributed by atoms with Crippen molar-refractivity contribution in [3.8, 4) is 90.6 Å². The molecule has 0 radical (unpaired) electrons. The van der Waals surface area contributed by atoms with Crippen molar-refractivity contribution < 1.29 is 0 Å². The summed E-state index contributed by atoms with van der Waals surface area (Å²) in [4.78, 5) is 30.8. The lowest BCUT2D eigenvalue weighted by Gasteiger charge is -2.16. The molecule has 0 unspecified atom stereocenters. The number of hydrogen-bond acceptors (Lipinski definition) is 7. The van der Waals surface area contributed by atoms with Crippen LogP contribution in [0.15, 0.2) is 206 Å². The van der Waals surface area contributed by atoms with Gasteiger partial charge in [-0.3, -0.25) is 0 Å². The van der Waals surface area contributed by atoms with Crippen molar-refractivity contribution in [2.75, 3.05) is 0 Å². The Hall–Kier alpha value is -8.00. The number of aromatic nitrogens is 6. The van der Waals surface area contributed by atoms with Crippen LogP contribution in [0.3, 0.4) is 0 Å². The average molecular weight is 799 g/mol. The Bertz CT molecular complexity index is 3220. The smallest absolute Gasteiger partial charge is 0.164 e. The molecule has 0 bridgehead atoms. The van der Waals surface area contributed by atoms with Gasteiger partial charge in [0, 0.05) is 53.6 Å². The lowest BCUT2D eigenvalue weighted by Crippen LogP contribution is -2.03. The molecule has 0 amide bonds. The zero-order valence-electron chi connectivity index (χ0n) is 32.7. The van der Waals surface area contributed by atoms with Crippen molar-refractivity contribution in [2.24, 2.45) is 0 Å². The second-order valence-electron chi connectivity index (χ2n) is 14.7. The molecule has 0 N–H and O–H groups in total. The molecule has 3 heterocycles.